The number of ether oxygens (including phenoxy) is 1. The summed E-state index contributed by atoms with van der Waals surface area (Å²) in [6, 6.07) is 0. The Labute approximate surface area is 104 Å². The summed E-state index contributed by atoms with van der Waals surface area (Å²) in [5.74, 6) is 0.716. The van der Waals surface area contributed by atoms with E-state index in [9.17, 15) is 0 Å². The molecule has 0 unspecified atom stereocenters. The zero-order valence-corrected chi connectivity index (χ0v) is 11.5. The fourth-order valence-electron chi connectivity index (χ4n) is 1.62. The van der Waals surface area contributed by atoms with E-state index in [2.05, 4.69) is 31.2 Å². The van der Waals surface area contributed by atoms with E-state index in [0.717, 1.165) is 44.0 Å². The highest BCUT2D eigenvalue weighted by Crippen LogP contribution is 2.12. The molecular weight excluding hydrogens is 214 g/mol. The van der Waals surface area contributed by atoms with E-state index in [1.165, 1.54) is 0 Å². The number of anilines is 1. The second-order valence-corrected chi connectivity index (χ2v) is 4.74. The van der Waals surface area contributed by atoms with Gasteiger partial charge in [-0.1, -0.05) is 20.8 Å². The van der Waals surface area contributed by atoms with E-state index in [1.807, 2.05) is 17.9 Å². The molecule has 0 amide bonds. The van der Waals surface area contributed by atoms with Crippen LogP contribution in [-0.4, -0.2) is 29.5 Å². The molecule has 0 aromatic carbocycles. The SMILES string of the molecule is CCc1nn(C)cc1NCCOCCC(C)C. The van der Waals surface area contributed by atoms with Gasteiger partial charge in [0.1, 0.15) is 0 Å². The largest absolute Gasteiger partial charge is 0.380 e. The first-order chi connectivity index (χ1) is 8.13. The number of hydrogen-bond acceptors (Lipinski definition) is 3. The molecule has 0 saturated carbocycles. The van der Waals surface area contributed by atoms with Gasteiger partial charge in [-0.05, 0) is 18.8 Å². The van der Waals surface area contributed by atoms with Crippen LogP contribution in [0.2, 0.25) is 0 Å². The van der Waals surface area contributed by atoms with Crippen LogP contribution in [0.1, 0.15) is 32.9 Å². The van der Waals surface area contributed by atoms with Gasteiger partial charge in [0.15, 0.2) is 0 Å². The lowest BCUT2D eigenvalue weighted by Gasteiger charge is -2.08. The highest BCUT2D eigenvalue weighted by molar-refractivity contribution is 5.46. The van der Waals surface area contributed by atoms with Crippen molar-refractivity contribution >= 4 is 5.69 Å². The third-order valence-corrected chi connectivity index (χ3v) is 2.64. The standard InChI is InChI=1S/C13H25N3O/c1-5-12-13(10-16(4)15-12)14-7-9-17-8-6-11(2)3/h10-11,14H,5-9H2,1-4H3. The molecule has 0 aliphatic heterocycles. The molecular formula is C13H25N3O. The van der Waals surface area contributed by atoms with E-state index < -0.39 is 0 Å². The Hall–Kier alpha value is -1.03. The fourth-order valence-corrected chi connectivity index (χ4v) is 1.62. The maximum absolute atomic E-state index is 5.56. The van der Waals surface area contributed by atoms with Crippen molar-refractivity contribution in [3.05, 3.63) is 11.9 Å². The van der Waals surface area contributed by atoms with Crippen molar-refractivity contribution in [1.82, 2.24) is 9.78 Å². The molecule has 0 fully saturated rings. The number of aryl methyl sites for hydroxylation is 2. The minimum absolute atomic E-state index is 0.716. The molecule has 0 saturated heterocycles. The summed E-state index contributed by atoms with van der Waals surface area (Å²) in [5.41, 5.74) is 2.25. The van der Waals surface area contributed by atoms with E-state index >= 15 is 0 Å². The zero-order valence-electron chi connectivity index (χ0n) is 11.5. The van der Waals surface area contributed by atoms with Crippen LogP contribution in [0.15, 0.2) is 6.20 Å². The van der Waals surface area contributed by atoms with Crippen LogP contribution in [0.5, 0.6) is 0 Å². The monoisotopic (exact) mass is 239 g/mol. The summed E-state index contributed by atoms with van der Waals surface area (Å²) >= 11 is 0. The van der Waals surface area contributed by atoms with Crippen LogP contribution >= 0.6 is 0 Å². The smallest absolute Gasteiger partial charge is 0.0853 e. The summed E-state index contributed by atoms with van der Waals surface area (Å²) in [6.07, 6.45) is 4.11. The number of hydrogen-bond donors (Lipinski definition) is 1. The van der Waals surface area contributed by atoms with Crippen LogP contribution in [0, 0.1) is 5.92 Å². The lowest BCUT2D eigenvalue weighted by Crippen LogP contribution is -2.11. The van der Waals surface area contributed by atoms with Crippen molar-refractivity contribution < 1.29 is 4.74 Å². The van der Waals surface area contributed by atoms with Crippen molar-refractivity contribution in [2.75, 3.05) is 25.1 Å². The lowest BCUT2D eigenvalue weighted by molar-refractivity contribution is 0.132. The van der Waals surface area contributed by atoms with E-state index in [1.54, 1.807) is 0 Å². The molecule has 98 valence electrons. The number of nitrogens with zero attached hydrogens (tertiary/aromatic N) is 2. The Kier molecular flexibility index (Phi) is 6.05. The summed E-state index contributed by atoms with van der Waals surface area (Å²) in [5, 5.41) is 7.75. The third-order valence-electron chi connectivity index (χ3n) is 2.64. The van der Waals surface area contributed by atoms with Crippen molar-refractivity contribution in [2.45, 2.75) is 33.6 Å². The van der Waals surface area contributed by atoms with Crippen LogP contribution in [0.3, 0.4) is 0 Å². The van der Waals surface area contributed by atoms with Gasteiger partial charge in [0.2, 0.25) is 0 Å². The molecule has 1 rings (SSSR count). The van der Waals surface area contributed by atoms with Gasteiger partial charge in [-0.2, -0.15) is 5.10 Å². The average molecular weight is 239 g/mol. The maximum atomic E-state index is 5.56. The zero-order chi connectivity index (χ0) is 12.7. The van der Waals surface area contributed by atoms with E-state index in [4.69, 9.17) is 4.74 Å². The summed E-state index contributed by atoms with van der Waals surface area (Å²) in [4.78, 5) is 0. The minimum Gasteiger partial charge on any atom is -0.380 e. The Bertz CT molecular complexity index is 320. The molecule has 0 radical (unpaired) electrons. The third kappa shape index (κ3) is 5.22. The molecule has 0 bridgehead atoms. The first-order valence-electron chi connectivity index (χ1n) is 6.47. The van der Waals surface area contributed by atoms with Crippen molar-refractivity contribution in [1.29, 1.82) is 0 Å². The van der Waals surface area contributed by atoms with Gasteiger partial charge in [-0.15, -0.1) is 0 Å². The molecule has 4 heteroatoms. The topological polar surface area (TPSA) is 39.1 Å². The van der Waals surface area contributed by atoms with Crippen LogP contribution < -0.4 is 5.32 Å². The molecule has 0 aliphatic rings. The van der Waals surface area contributed by atoms with Crippen molar-refractivity contribution in [3.8, 4) is 0 Å². The van der Waals surface area contributed by atoms with Gasteiger partial charge in [0.05, 0.1) is 18.0 Å². The van der Waals surface area contributed by atoms with Gasteiger partial charge in [-0.3, -0.25) is 4.68 Å². The molecule has 1 aromatic heterocycles. The molecule has 4 nitrogen and oxygen atoms in total. The minimum atomic E-state index is 0.716. The first-order valence-corrected chi connectivity index (χ1v) is 6.47. The predicted molar refractivity (Wildman–Crippen MR) is 71.3 cm³/mol. The number of rotatable bonds is 8. The van der Waals surface area contributed by atoms with Gasteiger partial charge in [-0.25, -0.2) is 0 Å². The van der Waals surface area contributed by atoms with Gasteiger partial charge >= 0.3 is 0 Å². The van der Waals surface area contributed by atoms with Gasteiger partial charge < -0.3 is 10.1 Å². The Morgan fingerprint density at radius 1 is 1.41 bits per heavy atom. The average Bonchev–Trinajstić information content (AvgIpc) is 2.63. The molecule has 17 heavy (non-hydrogen) atoms. The van der Waals surface area contributed by atoms with Crippen LogP contribution in [-0.2, 0) is 18.2 Å². The second-order valence-electron chi connectivity index (χ2n) is 4.74. The number of aromatic nitrogens is 2. The molecule has 1 heterocycles. The quantitative estimate of drug-likeness (QED) is 0.708. The van der Waals surface area contributed by atoms with Gasteiger partial charge in [0, 0.05) is 26.4 Å². The van der Waals surface area contributed by atoms with Crippen LogP contribution in [0.25, 0.3) is 0 Å². The predicted octanol–water partition coefficient (Wildman–Crippen LogP) is 2.46. The lowest BCUT2D eigenvalue weighted by atomic mass is 10.1. The van der Waals surface area contributed by atoms with Crippen molar-refractivity contribution in [2.24, 2.45) is 13.0 Å². The molecule has 0 spiro atoms. The van der Waals surface area contributed by atoms with E-state index in [-0.39, 0.29) is 0 Å². The Balaban J connectivity index is 2.17. The Morgan fingerprint density at radius 3 is 2.82 bits per heavy atom. The van der Waals surface area contributed by atoms with E-state index in [0.29, 0.717) is 5.92 Å². The first kappa shape index (κ1) is 14.0. The second kappa shape index (κ2) is 7.33. The maximum Gasteiger partial charge on any atom is 0.0853 e. The molecule has 1 N–H and O–H groups in total. The number of nitrogens with one attached hydrogen (secondary N) is 1. The molecule has 1 aromatic rings. The Morgan fingerprint density at radius 2 is 2.18 bits per heavy atom. The molecule has 0 atom stereocenters. The fraction of sp³-hybridized carbons (Fsp3) is 0.769. The normalized spacial score (nSPS) is 11.1. The van der Waals surface area contributed by atoms with Crippen LogP contribution in [0.4, 0.5) is 5.69 Å². The highest BCUT2D eigenvalue weighted by atomic mass is 16.5. The summed E-state index contributed by atoms with van der Waals surface area (Å²) in [7, 11) is 1.95. The summed E-state index contributed by atoms with van der Waals surface area (Å²) in [6.45, 7) is 9.00. The molecule has 0 aliphatic carbocycles. The summed E-state index contributed by atoms with van der Waals surface area (Å²) < 4.78 is 7.40. The highest BCUT2D eigenvalue weighted by Gasteiger charge is 2.04. The van der Waals surface area contributed by atoms with Gasteiger partial charge in [0.25, 0.3) is 0 Å². The van der Waals surface area contributed by atoms with Crippen molar-refractivity contribution in [3.63, 3.8) is 0 Å².